The zero-order chi connectivity index (χ0) is 15.9. The molecule has 1 aromatic rings. The number of carbonyl (C=O) groups is 2. The number of nitrogens with one attached hydrogen (secondary N) is 1. The van der Waals surface area contributed by atoms with Gasteiger partial charge in [-0.2, -0.15) is 0 Å². The Kier molecular flexibility index (Phi) is 6.15. The van der Waals surface area contributed by atoms with Crippen molar-refractivity contribution in [3.63, 3.8) is 0 Å². The predicted molar refractivity (Wildman–Crippen MR) is 87.4 cm³/mol. The van der Waals surface area contributed by atoms with Crippen molar-refractivity contribution in [2.24, 2.45) is 11.7 Å². The van der Waals surface area contributed by atoms with E-state index in [1.165, 1.54) is 9.78 Å². The maximum Gasteiger partial charge on any atom is 0.278 e. The van der Waals surface area contributed by atoms with Gasteiger partial charge in [-0.05, 0) is 11.4 Å². The van der Waals surface area contributed by atoms with Gasteiger partial charge in [0.25, 0.3) is 5.91 Å². The molecule has 0 spiro atoms. The second kappa shape index (κ2) is 8.10. The molecule has 3 N–H and O–H groups in total. The zero-order valence-corrected chi connectivity index (χ0v) is 13.6. The molecule has 22 heavy (non-hydrogen) atoms. The summed E-state index contributed by atoms with van der Waals surface area (Å²) >= 11 is 1.66. The van der Waals surface area contributed by atoms with E-state index in [0.717, 1.165) is 25.9 Å². The first-order chi connectivity index (χ1) is 10.6. The van der Waals surface area contributed by atoms with E-state index < -0.39 is 0 Å². The van der Waals surface area contributed by atoms with Gasteiger partial charge in [-0.1, -0.05) is 12.1 Å². The molecule has 5 nitrogen and oxygen atoms in total. The number of hydrogen-bond donors (Lipinski definition) is 2. The number of likely N-dealkylation sites (tertiary alicyclic amines) is 1. The smallest absolute Gasteiger partial charge is 0.278 e. The number of piperidine rings is 1. The number of carbonyl (C=O) groups excluding carboxylic acids is 2. The highest BCUT2D eigenvalue weighted by Crippen LogP contribution is 2.12. The number of nitrogens with zero attached hydrogens (tertiary/aromatic N) is 1. The van der Waals surface area contributed by atoms with Crippen molar-refractivity contribution in [1.82, 2.24) is 4.90 Å². The molecule has 1 aliphatic heterocycles. The van der Waals surface area contributed by atoms with Gasteiger partial charge in [-0.25, -0.2) is 0 Å². The van der Waals surface area contributed by atoms with E-state index in [2.05, 4.69) is 6.58 Å². The van der Waals surface area contributed by atoms with Crippen LogP contribution in [0.1, 0.15) is 17.7 Å². The van der Waals surface area contributed by atoms with Crippen LogP contribution in [0.2, 0.25) is 0 Å². The number of amides is 2. The van der Waals surface area contributed by atoms with Gasteiger partial charge in [0.1, 0.15) is 0 Å². The van der Waals surface area contributed by atoms with Crippen molar-refractivity contribution in [3.8, 4) is 0 Å². The molecule has 2 amide bonds. The van der Waals surface area contributed by atoms with E-state index in [9.17, 15) is 9.59 Å². The lowest BCUT2D eigenvalue weighted by Gasteiger charge is -2.29. The van der Waals surface area contributed by atoms with Crippen molar-refractivity contribution < 1.29 is 14.5 Å². The van der Waals surface area contributed by atoms with E-state index in [1.807, 2.05) is 22.4 Å². The van der Waals surface area contributed by atoms with Crippen molar-refractivity contribution in [2.75, 3.05) is 26.2 Å². The number of primary amides is 1. The lowest BCUT2D eigenvalue weighted by molar-refractivity contribution is -0.898. The van der Waals surface area contributed by atoms with Gasteiger partial charge in [0.05, 0.1) is 19.6 Å². The Morgan fingerprint density at radius 3 is 2.73 bits per heavy atom. The molecule has 0 radical (unpaired) electrons. The van der Waals surface area contributed by atoms with E-state index >= 15 is 0 Å². The minimum Gasteiger partial charge on any atom is -0.369 e. The van der Waals surface area contributed by atoms with Crippen molar-refractivity contribution in [1.29, 1.82) is 0 Å². The van der Waals surface area contributed by atoms with Crippen LogP contribution in [0.25, 0.3) is 0 Å². The molecule has 120 valence electrons. The molecule has 1 aliphatic rings. The standard InChI is InChI=1S/C16H23N3O2S/c1-2-7-19(11-14-4-3-10-22-14)15(20)12-18-8-5-13(6-9-18)16(17)21/h2-4,10,13H,1,5-9,11-12H2,(H2,17,21)/p+1. The quantitative estimate of drug-likeness (QED) is 0.696. The van der Waals surface area contributed by atoms with Gasteiger partial charge in [0.2, 0.25) is 5.91 Å². The summed E-state index contributed by atoms with van der Waals surface area (Å²) in [6.07, 6.45) is 3.33. The van der Waals surface area contributed by atoms with E-state index in [1.54, 1.807) is 17.4 Å². The second-order valence-corrected chi connectivity index (χ2v) is 6.78. The van der Waals surface area contributed by atoms with E-state index in [4.69, 9.17) is 5.73 Å². The molecule has 6 heteroatoms. The van der Waals surface area contributed by atoms with Crippen LogP contribution in [0.4, 0.5) is 0 Å². The summed E-state index contributed by atoms with van der Waals surface area (Å²) in [6.45, 7) is 7.09. The third kappa shape index (κ3) is 4.68. The molecular weight excluding hydrogens is 298 g/mol. The Labute approximate surface area is 135 Å². The lowest BCUT2D eigenvalue weighted by atomic mass is 9.96. The van der Waals surface area contributed by atoms with Crippen LogP contribution >= 0.6 is 11.3 Å². The summed E-state index contributed by atoms with van der Waals surface area (Å²) in [4.78, 5) is 28.0. The summed E-state index contributed by atoms with van der Waals surface area (Å²) < 4.78 is 0. The monoisotopic (exact) mass is 322 g/mol. The van der Waals surface area contributed by atoms with Crippen LogP contribution < -0.4 is 10.6 Å². The van der Waals surface area contributed by atoms with Gasteiger partial charge in [-0.3, -0.25) is 9.59 Å². The minimum absolute atomic E-state index is 0.0192. The summed E-state index contributed by atoms with van der Waals surface area (Å²) in [5.41, 5.74) is 5.34. The molecule has 2 heterocycles. The van der Waals surface area contributed by atoms with Crippen molar-refractivity contribution in [2.45, 2.75) is 19.4 Å². The number of rotatable bonds is 7. The molecule has 0 unspecified atom stereocenters. The predicted octanol–water partition coefficient (Wildman–Crippen LogP) is 0.0429. The summed E-state index contributed by atoms with van der Waals surface area (Å²) in [7, 11) is 0. The highest BCUT2D eigenvalue weighted by molar-refractivity contribution is 7.09. The minimum atomic E-state index is -0.212. The van der Waals surface area contributed by atoms with E-state index in [-0.39, 0.29) is 17.7 Å². The fourth-order valence-electron chi connectivity index (χ4n) is 2.81. The summed E-state index contributed by atoms with van der Waals surface area (Å²) in [5, 5.41) is 2.02. The van der Waals surface area contributed by atoms with Gasteiger partial charge < -0.3 is 15.5 Å². The fourth-order valence-corrected chi connectivity index (χ4v) is 3.53. The molecular formula is C16H24N3O2S+. The van der Waals surface area contributed by atoms with Gasteiger partial charge in [-0.15, -0.1) is 17.9 Å². The number of thiophene rings is 1. The maximum absolute atomic E-state index is 12.5. The van der Waals surface area contributed by atoms with Crippen LogP contribution in [-0.2, 0) is 16.1 Å². The Morgan fingerprint density at radius 2 is 2.18 bits per heavy atom. The summed E-state index contributed by atoms with van der Waals surface area (Å²) in [5.74, 6) is -0.0913. The van der Waals surface area contributed by atoms with Gasteiger partial charge in [0, 0.05) is 30.2 Å². The highest BCUT2D eigenvalue weighted by atomic mass is 32.1. The Hall–Kier alpha value is -1.66. The molecule has 0 saturated carbocycles. The molecule has 0 aromatic carbocycles. The van der Waals surface area contributed by atoms with Crippen LogP contribution in [0.5, 0.6) is 0 Å². The Bertz CT molecular complexity index is 507. The third-order valence-electron chi connectivity index (χ3n) is 4.13. The first-order valence-corrected chi connectivity index (χ1v) is 8.52. The molecule has 0 aliphatic carbocycles. The number of quaternary nitrogens is 1. The van der Waals surface area contributed by atoms with Crippen molar-refractivity contribution >= 4 is 23.2 Å². The maximum atomic E-state index is 12.5. The zero-order valence-electron chi connectivity index (χ0n) is 12.8. The largest absolute Gasteiger partial charge is 0.369 e. The average molecular weight is 322 g/mol. The molecule has 1 saturated heterocycles. The fraction of sp³-hybridized carbons (Fsp3) is 0.500. The lowest BCUT2D eigenvalue weighted by Crippen LogP contribution is -3.14. The Balaban J connectivity index is 1.86. The van der Waals surface area contributed by atoms with Crippen LogP contribution in [0.3, 0.4) is 0 Å². The molecule has 0 atom stereocenters. The number of nitrogens with two attached hydrogens (primary N) is 1. The van der Waals surface area contributed by atoms with Crippen molar-refractivity contribution in [3.05, 3.63) is 35.0 Å². The molecule has 1 fully saturated rings. The second-order valence-electron chi connectivity index (χ2n) is 5.75. The molecule has 1 aromatic heterocycles. The van der Waals surface area contributed by atoms with E-state index in [0.29, 0.717) is 19.6 Å². The average Bonchev–Trinajstić information content (AvgIpc) is 3.00. The topological polar surface area (TPSA) is 67.8 Å². The molecule has 0 bridgehead atoms. The van der Waals surface area contributed by atoms with Gasteiger partial charge in [0.15, 0.2) is 6.54 Å². The van der Waals surface area contributed by atoms with Crippen LogP contribution in [0.15, 0.2) is 30.2 Å². The van der Waals surface area contributed by atoms with Crippen LogP contribution in [-0.4, -0.2) is 42.9 Å². The molecule has 2 rings (SSSR count). The first kappa shape index (κ1) is 16.7. The van der Waals surface area contributed by atoms with Crippen LogP contribution in [0, 0.1) is 5.92 Å². The first-order valence-electron chi connectivity index (χ1n) is 7.64. The summed E-state index contributed by atoms with van der Waals surface area (Å²) in [6, 6.07) is 4.04. The normalized spacial score (nSPS) is 21.3. The Morgan fingerprint density at radius 1 is 1.45 bits per heavy atom. The SMILES string of the molecule is C=CCN(Cc1cccs1)C(=O)C[NH+]1CCC(C(N)=O)CC1. The van der Waals surface area contributed by atoms with Gasteiger partial charge >= 0.3 is 0 Å². The number of hydrogen-bond acceptors (Lipinski definition) is 3. The highest BCUT2D eigenvalue weighted by Gasteiger charge is 2.28. The third-order valence-corrected chi connectivity index (χ3v) is 4.99.